The van der Waals surface area contributed by atoms with Crippen molar-refractivity contribution in [3.63, 3.8) is 0 Å². The Kier molecular flexibility index (Phi) is 3.91. The first-order valence-electron chi connectivity index (χ1n) is 6.28. The highest BCUT2D eigenvalue weighted by Crippen LogP contribution is 2.30. The maximum Gasteiger partial charge on any atom is 0.0868 e. The van der Waals surface area contributed by atoms with Crippen LogP contribution in [-0.4, -0.2) is 12.0 Å². The van der Waals surface area contributed by atoms with Crippen LogP contribution in [0.3, 0.4) is 0 Å². The molecular weight excluding hydrogens is 288 g/mol. The van der Waals surface area contributed by atoms with Crippen molar-refractivity contribution in [1.29, 1.82) is 0 Å². The van der Waals surface area contributed by atoms with E-state index in [1.54, 1.807) is 0 Å². The molecule has 0 saturated carbocycles. The predicted octanol–water partition coefficient (Wildman–Crippen LogP) is 4.55. The maximum absolute atomic E-state index is 4.78. The molecule has 3 heteroatoms. The average Bonchev–Trinajstić information content (AvgIpc) is 2.28. The van der Waals surface area contributed by atoms with Crippen molar-refractivity contribution in [3.05, 3.63) is 33.9 Å². The SMILES string of the molecule is CNc1cc(CC(C)C)nc2c(Br)cc(C)cc12. The van der Waals surface area contributed by atoms with Crippen LogP contribution in [0.5, 0.6) is 0 Å². The smallest absolute Gasteiger partial charge is 0.0868 e. The summed E-state index contributed by atoms with van der Waals surface area (Å²) in [5.41, 5.74) is 4.58. The molecule has 1 N–H and O–H groups in total. The van der Waals surface area contributed by atoms with Gasteiger partial charge >= 0.3 is 0 Å². The van der Waals surface area contributed by atoms with Gasteiger partial charge in [0.1, 0.15) is 0 Å². The van der Waals surface area contributed by atoms with E-state index in [1.165, 1.54) is 10.9 Å². The van der Waals surface area contributed by atoms with Crippen molar-refractivity contribution in [3.8, 4) is 0 Å². The van der Waals surface area contributed by atoms with Gasteiger partial charge in [-0.2, -0.15) is 0 Å². The Bertz CT molecular complexity index is 576. The van der Waals surface area contributed by atoms with Crippen molar-refractivity contribution in [2.75, 3.05) is 12.4 Å². The number of hydrogen-bond acceptors (Lipinski definition) is 2. The van der Waals surface area contributed by atoms with Crippen LogP contribution in [0.4, 0.5) is 5.69 Å². The maximum atomic E-state index is 4.78. The second-order valence-electron chi connectivity index (χ2n) is 5.15. The summed E-state index contributed by atoms with van der Waals surface area (Å²) in [6.45, 7) is 6.54. The van der Waals surface area contributed by atoms with Gasteiger partial charge in [-0.05, 0) is 59.0 Å². The Morgan fingerprint density at radius 2 is 2.00 bits per heavy atom. The standard InChI is InChI=1S/C15H19BrN2/c1-9(2)5-11-8-14(17-4)12-6-10(3)7-13(16)15(12)18-11/h6-9H,5H2,1-4H3,(H,17,18). The Labute approximate surface area is 117 Å². The Hall–Kier alpha value is -1.09. The van der Waals surface area contributed by atoms with Crippen molar-refractivity contribution in [2.24, 2.45) is 5.92 Å². The minimum absolute atomic E-state index is 0.615. The normalized spacial score (nSPS) is 11.2. The molecule has 0 aliphatic heterocycles. The molecule has 0 aliphatic rings. The zero-order chi connectivity index (χ0) is 13.3. The van der Waals surface area contributed by atoms with Gasteiger partial charge in [-0.1, -0.05) is 13.8 Å². The van der Waals surface area contributed by atoms with E-state index in [9.17, 15) is 0 Å². The van der Waals surface area contributed by atoms with E-state index in [-0.39, 0.29) is 0 Å². The molecule has 0 spiro atoms. The molecule has 0 aliphatic carbocycles. The Morgan fingerprint density at radius 3 is 2.61 bits per heavy atom. The van der Waals surface area contributed by atoms with E-state index >= 15 is 0 Å². The van der Waals surface area contributed by atoms with E-state index in [4.69, 9.17) is 4.98 Å². The topological polar surface area (TPSA) is 24.9 Å². The molecule has 18 heavy (non-hydrogen) atoms. The van der Waals surface area contributed by atoms with Crippen molar-refractivity contribution in [1.82, 2.24) is 4.98 Å². The molecule has 0 atom stereocenters. The summed E-state index contributed by atoms with van der Waals surface area (Å²) in [5.74, 6) is 0.615. The van der Waals surface area contributed by atoms with Crippen molar-refractivity contribution < 1.29 is 0 Å². The van der Waals surface area contributed by atoms with Crippen LogP contribution < -0.4 is 5.32 Å². The molecule has 2 rings (SSSR count). The molecule has 0 radical (unpaired) electrons. The van der Waals surface area contributed by atoms with E-state index in [0.29, 0.717) is 5.92 Å². The van der Waals surface area contributed by atoms with Crippen molar-refractivity contribution in [2.45, 2.75) is 27.2 Å². The van der Waals surface area contributed by atoms with Gasteiger partial charge in [-0.25, -0.2) is 0 Å². The quantitative estimate of drug-likeness (QED) is 0.900. The second-order valence-corrected chi connectivity index (χ2v) is 6.01. The third-order valence-electron chi connectivity index (χ3n) is 2.95. The summed E-state index contributed by atoms with van der Waals surface area (Å²) in [4.78, 5) is 4.78. The van der Waals surface area contributed by atoms with E-state index < -0.39 is 0 Å². The van der Waals surface area contributed by atoms with Gasteiger partial charge in [0.05, 0.1) is 5.52 Å². The Balaban J connectivity index is 2.67. The zero-order valence-corrected chi connectivity index (χ0v) is 12.9. The highest BCUT2D eigenvalue weighted by molar-refractivity contribution is 9.10. The summed E-state index contributed by atoms with van der Waals surface area (Å²) in [7, 11) is 1.96. The first kappa shape index (κ1) is 13.3. The molecule has 1 heterocycles. The molecular formula is C15H19BrN2. The fourth-order valence-electron chi connectivity index (χ4n) is 2.20. The average molecular weight is 307 g/mol. The number of nitrogens with zero attached hydrogens (tertiary/aromatic N) is 1. The minimum Gasteiger partial charge on any atom is -0.388 e. The van der Waals surface area contributed by atoms with E-state index in [1.807, 2.05) is 7.05 Å². The van der Waals surface area contributed by atoms with Gasteiger partial charge in [0.25, 0.3) is 0 Å². The van der Waals surface area contributed by atoms with Gasteiger partial charge in [0, 0.05) is 28.3 Å². The molecule has 0 bridgehead atoms. The molecule has 96 valence electrons. The van der Waals surface area contributed by atoms with Crippen LogP contribution >= 0.6 is 15.9 Å². The molecule has 0 saturated heterocycles. The van der Waals surface area contributed by atoms with Gasteiger partial charge in [-0.15, -0.1) is 0 Å². The van der Waals surface area contributed by atoms with Crippen LogP contribution in [-0.2, 0) is 6.42 Å². The fraction of sp³-hybridized carbons (Fsp3) is 0.400. The number of rotatable bonds is 3. The van der Waals surface area contributed by atoms with Crippen LogP contribution in [0.2, 0.25) is 0 Å². The van der Waals surface area contributed by atoms with E-state index in [0.717, 1.165) is 27.8 Å². The van der Waals surface area contributed by atoms with Crippen LogP contribution in [0.15, 0.2) is 22.7 Å². The van der Waals surface area contributed by atoms with Gasteiger partial charge in [0.15, 0.2) is 0 Å². The van der Waals surface area contributed by atoms with Gasteiger partial charge in [0.2, 0.25) is 0 Å². The van der Waals surface area contributed by atoms with Crippen LogP contribution in [0, 0.1) is 12.8 Å². The largest absolute Gasteiger partial charge is 0.388 e. The number of nitrogens with one attached hydrogen (secondary N) is 1. The number of pyridine rings is 1. The second kappa shape index (κ2) is 5.27. The minimum atomic E-state index is 0.615. The third-order valence-corrected chi connectivity index (χ3v) is 3.56. The first-order valence-corrected chi connectivity index (χ1v) is 7.08. The first-order chi connectivity index (χ1) is 8.51. The number of aryl methyl sites for hydroxylation is 1. The Morgan fingerprint density at radius 1 is 1.28 bits per heavy atom. The number of benzene rings is 1. The third kappa shape index (κ3) is 2.66. The summed E-state index contributed by atoms with van der Waals surface area (Å²) >= 11 is 3.62. The molecule has 2 nitrogen and oxygen atoms in total. The summed E-state index contributed by atoms with van der Waals surface area (Å²) in [5, 5.41) is 4.45. The summed E-state index contributed by atoms with van der Waals surface area (Å²) < 4.78 is 1.07. The highest BCUT2D eigenvalue weighted by atomic mass is 79.9. The van der Waals surface area contributed by atoms with E-state index in [2.05, 4.69) is 60.2 Å². The molecule has 1 aromatic heterocycles. The lowest BCUT2D eigenvalue weighted by molar-refractivity contribution is 0.637. The summed E-state index contributed by atoms with van der Waals surface area (Å²) in [6.07, 6.45) is 1.00. The number of anilines is 1. The van der Waals surface area contributed by atoms with Crippen molar-refractivity contribution >= 4 is 32.5 Å². The van der Waals surface area contributed by atoms with Gasteiger partial charge < -0.3 is 5.32 Å². The van der Waals surface area contributed by atoms with Crippen LogP contribution in [0.25, 0.3) is 10.9 Å². The monoisotopic (exact) mass is 306 g/mol. The lowest BCUT2D eigenvalue weighted by atomic mass is 10.0. The fourth-order valence-corrected chi connectivity index (χ4v) is 2.87. The number of halogens is 1. The lowest BCUT2D eigenvalue weighted by Crippen LogP contribution is -2.01. The van der Waals surface area contributed by atoms with Crippen LogP contribution in [0.1, 0.15) is 25.1 Å². The lowest BCUT2D eigenvalue weighted by Gasteiger charge is -2.12. The molecule has 2 aromatic rings. The zero-order valence-electron chi connectivity index (χ0n) is 11.3. The predicted molar refractivity (Wildman–Crippen MR) is 82.3 cm³/mol. The number of aromatic nitrogens is 1. The number of hydrogen-bond donors (Lipinski definition) is 1. The highest BCUT2D eigenvalue weighted by Gasteiger charge is 2.09. The molecule has 0 fully saturated rings. The molecule has 0 unspecified atom stereocenters. The van der Waals surface area contributed by atoms with Gasteiger partial charge in [-0.3, -0.25) is 4.98 Å². The number of fused-ring (bicyclic) bond motifs is 1. The molecule has 1 aromatic carbocycles. The summed E-state index contributed by atoms with van der Waals surface area (Å²) in [6, 6.07) is 6.46. The molecule has 0 amide bonds.